The van der Waals surface area contributed by atoms with E-state index in [4.69, 9.17) is 9.47 Å². The number of rotatable bonds is 5. The van der Waals surface area contributed by atoms with Crippen LogP contribution in [0, 0.1) is 11.6 Å². The zero-order valence-electron chi connectivity index (χ0n) is 16.8. The van der Waals surface area contributed by atoms with Crippen molar-refractivity contribution in [3.05, 3.63) is 33.8 Å². The lowest BCUT2D eigenvalue weighted by Crippen LogP contribution is -2.44. The average molecular weight is 476 g/mol. The van der Waals surface area contributed by atoms with Gasteiger partial charge in [0, 0.05) is 18.0 Å². The highest BCUT2D eigenvalue weighted by Gasteiger charge is 2.43. The first-order chi connectivity index (χ1) is 13.4. The van der Waals surface area contributed by atoms with E-state index in [1.165, 1.54) is 6.07 Å². The molecular weight excluding hydrogens is 452 g/mol. The van der Waals surface area contributed by atoms with Crippen molar-refractivity contribution in [1.29, 1.82) is 0 Å². The Kier molecular flexibility index (Phi) is 7.37. The van der Waals surface area contributed by atoms with Gasteiger partial charge in [-0.05, 0) is 62.2 Å². The van der Waals surface area contributed by atoms with Gasteiger partial charge in [0.25, 0.3) is 0 Å². The van der Waals surface area contributed by atoms with Crippen LogP contribution in [0.15, 0.2) is 16.6 Å². The highest BCUT2D eigenvalue weighted by Crippen LogP contribution is 2.38. The fourth-order valence-electron chi connectivity index (χ4n) is 3.26. The standard InChI is InChI=1S/C20H24BrF2NO5/c1-5-28-16(26)9-15(25)14-8-11(10-24(14)19(27)29-20(2,3)4)17-13(22)7-6-12(21)18(17)23/h6-7,11,14H,5,8-10H2,1-4H3/t11-,14?/m1/s1. The van der Waals surface area contributed by atoms with Gasteiger partial charge in [-0.2, -0.15) is 0 Å². The third kappa shape index (κ3) is 5.74. The third-order valence-electron chi connectivity index (χ3n) is 4.41. The maximum absolute atomic E-state index is 14.6. The number of hydrogen-bond donors (Lipinski definition) is 0. The van der Waals surface area contributed by atoms with Gasteiger partial charge in [-0.15, -0.1) is 0 Å². The van der Waals surface area contributed by atoms with Crippen molar-refractivity contribution in [2.24, 2.45) is 0 Å². The third-order valence-corrected chi connectivity index (χ3v) is 5.02. The smallest absolute Gasteiger partial charge is 0.410 e. The van der Waals surface area contributed by atoms with Crippen LogP contribution >= 0.6 is 15.9 Å². The maximum atomic E-state index is 14.6. The van der Waals surface area contributed by atoms with E-state index in [2.05, 4.69) is 15.9 Å². The zero-order valence-corrected chi connectivity index (χ0v) is 18.3. The van der Waals surface area contributed by atoms with Crippen molar-refractivity contribution in [2.75, 3.05) is 13.2 Å². The molecule has 0 saturated carbocycles. The lowest BCUT2D eigenvalue weighted by molar-refractivity contribution is -0.146. The summed E-state index contributed by atoms with van der Waals surface area (Å²) in [6.07, 6.45) is -1.34. The van der Waals surface area contributed by atoms with Crippen LogP contribution in [0.3, 0.4) is 0 Å². The molecule has 1 heterocycles. The number of nitrogens with zero attached hydrogens (tertiary/aromatic N) is 1. The Morgan fingerprint density at radius 1 is 1.24 bits per heavy atom. The molecule has 0 aromatic heterocycles. The van der Waals surface area contributed by atoms with E-state index in [1.807, 2.05) is 0 Å². The molecule has 1 fully saturated rings. The summed E-state index contributed by atoms with van der Waals surface area (Å²) in [4.78, 5) is 38.2. The lowest BCUT2D eigenvalue weighted by atomic mass is 9.93. The minimum atomic E-state index is -1.04. The van der Waals surface area contributed by atoms with E-state index in [9.17, 15) is 23.2 Å². The van der Waals surface area contributed by atoms with Crippen LogP contribution in [0.4, 0.5) is 13.6 Å². The molecule has 0 spiro atoms. The number of ketones is 1. The highest BCUT2D eigenvalue weighted by molar-refractivity contribution is 9.10. The number of ether oxygens (including phenoxy) is 2. The van der Waals surface area contributed by atoms with Crippen LogP contribution in [-0.4, -0.2) is 47.5 Å². The van der Waals surface area contributed by atoms with Gasteiger partial charge in [0.2, 0.25) is 0 Å². The van der Waals surface area contributed by atoms with Crippen molar-refractivity contribution in [1.82, 2.24) is 4.90 Å². The molecule has 2 rings (SSSR count). The Bertz CT molecular complexity index is 809. The monoisotopic (exact) mass is 475 g/mol. The van der Waals surface area contributed by atoms with Gasteiger partial charge in [0.05, 0.1) is 17.1 Å². The summed E-state index contributed by atoms with van der Waals surface area (Å²) in [5.41, 5.74) is -1.03. The normalized spacial score (nSPS) is 19.2. The molecule has 0 bridgehead atoms. The molecule has 0 radical (unpaired) electrons. The predicted octanol–water partition coefficient (Wildman–Crippen LogP) is 4.34. The van der Waals surface area contributed by atoms with Gasteiger partial charge in [0.1, 0.15) is 23.7 Å². The highest BCUT2D eigenvalue weighted by atomic mass is 79.9. The molecule has 1 unspecified atom stereocenters. The first kappa shape index (κ1) is 23.3. The van der Waals surface area contributed by atoms with Crippen molar-refractivity contribution in [3.63, 3.8) is 0 Å². The number of carbonyl (C=O) groups is 3. The Hall–Kier alpha value is -2.03. The molecule has 0 aliphatic carbocycles. The Balaban J connectivity index is 2.33. The second-order valence-corrected chi connectivity index (χ2v) is 8.64. The first-order valence-corrected chi connectivity index (χ1v) is 10.0. The van der Waals surface area contributed by atoms with Crippen LogP contribution in [0.25, 0.3) is 0 Å². The summed E-state index contributed by atoms with van der Waals surface area (Å²) >= 11 is 3.03. The van der Waals surface area contributed by atoms with Crippen LogP contribution in [-0.2, 0) is 19.1 Å². The summed E-state index contributed by atoms with van der Waals surface area (Å²) < 4.78 is 39.2. The molecule has 29 heavy (non-hydrogen) atoms. The maximum Gasteiger partial charge on any atom is 0.410 e. The fourth-order valence-corrected chi connectivity index (χ4v) is 3.61. The van der Waals surface area contributed by atoms with Crippen molar-refractivity contribution >= 4 is 33.8 Å². The minimum Gasteiger partial charge on any atom is -0.466 e. The average Bonchev–Trinajstić information content (AvgIpc) is 3.02. The Morgan fingerprint density at radius 2 is 1.90 bits per heavy atom. The van der Waals surface area contributed by atoms with Gasteiger partial charge in [0.15, 0.2) is 5.78 Å². The largest absolute Gasteiger partial charge is 0.466 e. The lowest BCUT2D eigenvalue weighted by Gasteiger charge is -2.27. The first-order valence-electron chi connectivity index (χ1n) is 9.26. The van der Waals surface area contributed by atoms with E-state index in [0.717, 1.165) is 11.0 Å². The summed E-state index contributed by atoms with van der Waals surface area (Å²) in [6, 6.07) is 1.32. The van der Waals surface area contributed by atoms with Gasteiger partial charge in [-0.3, -0.25) is 14.5 Å². The number of Topliss-reactive ketones (excluding diaryl/α,β-unsaturated/α-hetero) is 1. The fraction of sp³-hybridized carbons (Fsp3) is 0.550. The number of amides is 1. The molecule has 1 saturated heterocycles. The van der Waals surface area contributed by atoms with Crippen LogP contribution in [0.5, 0.6) is 0 Å². The zero-order chi connectivity index (χ0) is 21.9. The molecule has 6 nitrogen and oxygen atoms in total. The molecule has 1 aromatic carbocycles. The van der Waals surface area contributed by atoms with E-state index >= 15 is 0 Å². The second kappa shape index (κ2) is 9.19. The number of benzene rings is 1. The number of esters is 1. The van der Waals surface area contributed by atoms with Crippen LogP contribution in [0.2, 0.25) is 0 Å². The van der Waals surface area contributed by atoms with Crippen molar-refractivity contribution in [2.45, 2.75) is 58.1 Å². The van der Waals surface area contributed by atoms with Crippen LogP contribution < -0.4 is 0 Å². The van der Waals surface area contributed by atoms with Crippen molar-refractivity contribution < 1.29 is 32.6 Å². The molecule has 1 amide bonds. The Morgan fingerprint density at radius 3 is 2.48 bits per heavy atom. The molecule has 1 aromatic rings. The Labute approximate surface area is 176 Å². The summed E-state index contributed by atoms with van der Waals surface area (Å²) in [6.45, 7) is 6.62. The van der Waals surface area contributed by atoms with E-state index in [1.54, 1.807) is 27.7 Å². The predicted molar refractivity (Wildman–Crippen MR) is 104 cm³/mol. The molecular formula is C20H24BrF2NO5. The minimum absolute atomic E-state index is 0.0260. The molecule has 160 valence electrons. The van der Waals surface area contributed by atoms with Gasteiger partial charge in [-0.1, -0.05) is 0 Å². The van der Waals surface area contributed by atoms with Crippen LogP contribution in [0.1, 0.15) is 52.0 Å². The summed E-state index contributed by atoms with van der Waals surface area (Å²) in [7, 11) is 0. The van der Waals surface area contributed by atoms with Gasteiger partial charge >= 0.3 is 12.1 Å². The van der Waals surface area contributed by atoms with Crippen molar-refractivity contribution in [3.8, 4) is 0 Å². The number of hydrogen-bond acceptors (Lipinski definition) is 5. The molecule has 1 aliphatic heterocycles. The summed E-state index contributed by atoms with van der Waals surface area (Å²) in [5.74, 6) is -3.59. The van der Waals surface area contributed by atoms with Gasteiger partial charge < -0.3 is 9.47 Å². The summed E-state index contributed by atoms with van der Waals surface area (Å²) in [5, 5.41) is 0. The molecule has 2 atom stereocenters. The molecule has 0 N–H and O–H groups in total. The van der Waals surface area contributed by atoms with E-state index in [-0.39, 0.29) is 29.6 Å². The van der Waals surface area contributed by atoms with E-state index in [0.29, 0.717) is 0 Å². The molecule has 1 aliphatic rings. The topological polar surface area (TPSA) is 72.9 Å². The van der Waals surface area contributed by atoms with Gasteiger partial charge in [-0.25, -0.2) is 13.6 Å². The molecule has 9 heteroatoms. The van der Waals surface area contributed by atoms with E-state index < -0.39 is 53.5 Å². The number of likely N-dealkylation sites (tertiary alicyclic amines) is 1. The number of carbonyl (C=O) groups excluding carboxylic acids is 3. The quantitative estimate of drug-likeness (QED) is 0.359. The second-order valence-electron chi connectivity index (χ2n) is 7.79. The number of halogens is 3. The SMILES string of the molecule is CCOC(=O)CC(=O)C1C[C@@H](c2c(F)ccc(Br)c2F)CN1C(=O)OC(C)(C)C.